The summed E-state index contributed by atoms with van der Waals surface area (Å²) in [4.78, 5) is 32.9. The molecule has 4 aromatic rings. The van der Waals surface area contributed by atoms with Crippen LogP contribution in [-0.2, 0) is 11.3 Å². The Morgan fingerprint density at radius 3 is 2.44 bits per heavy atom. The van der Waals surface area contributed by atoms with E-state index in [1.807, 2.05) is 73.7 Å². The van der Waals surface area contributed by atoms with E-state index in [0.29, 0.717) is 24.4 Å². The Kier molecular flexibility index (Phi) is 9.19. The largest absolute Gasteiger partial charge is 0.449 e. The molecule has 0 atom stereocenters. The number of fused-ring (bicyclic) bond motifs is 1. The van der Waals surface area contributed by atoms with Crippen LogP contribution in [0.3, 0.4) is 0 Å². The molecule has 0 radical (unpaired) electrons. The highest BCUT2D eigenvalue weighted by Gasteiger charge is 2.30. The van der Waals surface area contributed by atoms with Crippen molar-refractivity contribution in [2.24, 2.45) is 0 Å². The standard InChI is InChI=1S/C37H37ClN4O3/c1-26-6-5-7-29(22-26)25-42-32-8-3-4-9-34(32)45-35(37(42)44)23-28-11-13-30(14-12-28)36(43)39-16-17-40-18-20-41(21-19-40)33-24-31(38)15-10-27(33)2/h3-15,22-24H,16-21,25H2,1-2H3,(H,39,43)/b35-23+. The summed E-state index contributed by atoms with van der Waals surface area (Å²) in [6.07, 6.45) is 1.73. The normalized spacial score (nSPS) is 16.0. The number of amides is 2. The first kappa shape index (κ1) is 30.4. The van der Waals surface area contributed by atoms with E-state index in [-0.39, 0.29) is 17.6 Å². The lowest BCUT2D eigenvalue weighted by Gasteiger charge is -2.36. The zero-order valence-electron chi connectivity index (χ0n) is 25.6. The molecule has 2 aliphatic heterocycles. The van der Waals surface area contributed by atoms with Crippen LogP contribution in [0, 0.1) is 13.8 Å². The first-order valence-electron chi connectivity index (χ1n) is 15.3. The summed E-state index contributed by atoms with van der Waals surface area (Å²) < 4.78 is 6.05. The van der Waals surface area contributed by atoms with Crippen LogP contribution in [0.5, 0.6) is 5.75 Å². The molecule has 2 heterocycles. The third-order valence-electron chi connectivity index (χ3n) is 8.32. The number of carbonyl (C=O) groups is 2. The van der Waals surface area contributed by atoms with E-state index in [4.69, 9.17) is 16.3 Å². The molecule has 0 saturated carbocycles. The topological polar surface area (TPSA) is 65.1 Å². The van der Waals surface area contributed by atoms with E-state index in [1.54, 1.807) is 23.1 Å². The summed E-state index contributed by atoms with van der Waals surface area (Å²) in [7, 11) is 0. The van der Waals surface area contributed by atoms with Gasteiger partial charge in [-0.15, -0.1) is 0 Å². The third kappa shape index (κ3) is 7.22. The average molecular weight is 621 g/mol. The highest BCUT2D eigenvalue weighted by Crippen LogP contribution is 2.36. The molecule has 0 unspecified atom stereocenters. The average Bonchev–Trinajstić information content (AvgIpc) is 3.05. The van der Waals surface area contributed by atoms with Crippen LogP contribution in [0.1, 0.15) is 32.6 Å². The van der Waals surface area contributed by atoms with Crippen LogP contribution in [0.25, 0.3) is 6.08 Å². The van der Waals surface area contributed by atoms with Gasteiger partial charge in [-0.3, -0.25) is 19.4 Å². The Balaban J connectivity index is 1.04. The van der Waals surface area contributed by atoms with Gasteiger partial charge in [0.15, 0.2) is 11.5 Å². The number of para-hydroxylation sites is 2. The van der Waals surface area contributed by atoms with E-state index in [9.17, 15) is 9.59 Å². The van der Waals surface area contributed by atoms with E-state index in [2.05, 4.69) is 34.2 Å². The number of carbonyl (C=O) groups excluding carboxylic acids is 2. The Labute approximate surface area is 269 Å². The molecule has 1 fully saturated rings. The second-order valence-electron chi connectivity index (χ2n) is 11.6. The monoisotopic (exact) mass is 620 g/mol. The summed E-state index contributed by atoms with van der Waals surface area (Å²) in [5, 5.41) is 3.80. The highest BCUT2D eigenvalue weighted by atomic mass is 35.5. The van der Waals surface area contributed by atoms with Gasteiger partial charge in [-0.25, -0.2) is 0 Å². The summed E-state index contributed by atoms with van der Waals surface area (Å²) >= 11 is 6.22. The van der Waals surface area contributed by atoms with Gasteiger partial charge in [0, 0.05) is 55.5 Å². The number of benzene rings is 4. The minimum atomic E-state index is -0.208. The van der Waals surface area contributed by atoms with Crippen LogP contribution in [0.15, 0.2) is 96.8 Å². The Morgan fingerprint density at radius 1 is 0.889 bits per heavy atom. The fraction of sp³-hybridized carbons (Fsp3) is 0.243. The fourth-order valence-corrected chi connectivity index (χ4v) is 6.03. The number of anilines is 2. The molecule has 230 valence electrons. The number of halogens is 1. The van der Waals surface area contributed by atoms with Gasteiger partial charge in [0.05, 0.1) is 12.2 Å². The van der Waals surface area contributed by atoms with E-state index in [0.717, 1.165) is 60.1 Å². The van der Waals surface area contributed by atoms with Gasteiger partial charge < -0.3 is 15.0 Å². The Morgan fingerprint density at radius 2 is 1.67 bits per heavy atom. The number of rotatable bonds is 8. The lowest BCUT2D eigenvalue weighted by atomic mass is 10.1. The summed E-state index contributed by atoms with van der Waals surface area (Å²) in [6, 6.07) is 29.0. The molecular weight excluding hydrogens is 584 g/mol. The molecule has 8 heteroatoms. The predicted molar refractivity (Wildman–Crippen MR) is 181 cm³/mol. The van der Waals surface area contributed by atoms with Gasteiger partial charge in [0.2, 0.25) is 0 Å². The van der Waals surface area contributed by atoms with Crippen molar-refractivity contribution >= 4 is 40.9 Å². The molecule has 1 N–H and O–H groups in total. The number of ether oxygens (including phenoxy) is 1. The van der Waals surface area contributed by atoms with Crippen LogP contribution in [-0.4, -0.2) is 56.0 Å². The van der Waals surface area contributed by atoms with Crippen LogP contribution in [0.4, 0.5) is 11.4 Å². The first-order valence-corrected chi connectivity index (χ1v) is 15.7. The number of piperazine rings is 1. The van der Waals surface area contributed by atoms with Crippen molar-refractivity contribution in [1.82, 2.24) is 10.2 Å². The quantitative estimate of drug-likeness (QED) is 0.229. The molecular formula is C37H37ClN4O3. The van der Waals surface area contributed by atoms with Gasteiger partial charge in [0.25, 0.3) is 11.8 Å². The first-order chi connectivity index (χ1) is 21.8. The summed E-state index contributed by atoms with van der Waals surface area (Å²) in [5.41, 5.74) is 6.70. The Hall–Kier alpha value is -4.59. The van der Waals surface area contributed by atoms with Crippen molar-refractivity contribution in [1.29, 1.82) is 0 Å². The van der Waals surface area contributed by atoms with Gasteiger partial charge in [-0.2, -0.15) is 0 Å². The van der Waals surface area contributed by atoms with Crippen molar-refractivity contribution < 1.29 is 14.3 Å². The SMILES string of the molecule is Cc1cccc(CN2C(=O)/C(=C\c3ccc(C(=O)NCCN4CCN(c5cc(Cl)ccc5C)CC4)cc3)Oc3ccccc32)c1. The fourth-order valence-electron chi connectivity index (χ4n) is 5.86. The smallest absolute Gasteiger partial charge is 0.294 e. The molecule has 0 aliphatic carbocycles. The van der Waals surface area contributed by atoms with Gasteiger partial charge >= 0.3 is 0 Å². The maximum absolute atomic E-state index is 13.6. The molecule has 45 heavy (non-hydrogen) atoms. The Bertz CT molecular complexity index is 1730. The van der Waals surface area contributed by atoms with Crippen LogP contribution < -0.4 is 19.9 Å². The maximum atomic E-state index is 13.6. The van der Waals surface area contributed by atoms with Crippen LogP contribution >= 0.6 is 11.6 Å². The number of nitrogens with zero attached hydrogens (tertiary/aromatic N) is 3. The number of aryl methyl sites for hydroxylation is 2. The van der Waals surface area contributed by atoms with Crippen LogP contribution in [0.2, 0.25) is 5.02 Å². The zero-order chi connectivity index (χ0) is 31.3. The predicted octanol–water partition coefficient (Wildman–Crippen LogP) is 6.48. The number of hydrogen-bond donors (Lipinski definition) is 1. The molecule has 4 aromatic carbocycles. The van der Waals surface area contributed by atoms with Gasteiger partial charge in [-0.05, 0) is 73.0 Å². The second-order valence-corrected chi connectivity index (χ2v) is 12.0. The molecule has 2 amide bonds. The maximum Gasteiger partial charge on any atom is 0.294 e. The molecule has 2 aliphatic rings. The molecule has 0 bridgehead atoms. The molecule has 7 nitrogen and oxygen atoms in total. The van der Waals surface area contributed by atoms with E-state index >= 15 is 0 Å². The molecule has 6 rings (SSSR count). The molecule has 0 spiro atoms. The number of nitrogens with one attached hydrogen (secondary N) is 1. The second kappa shape index (κ2) is 13.6. The van der Waals surface area contributed by atoms with Crippen molar-refractivity contribution in [3.63, 3.8) is 0 Å². The van der Waals surface area contributed by atoms with Crippen molar-refractivity contribution in [3.05, 3.63) is 130 Å². The van der Waals surface area contributed by atoms with Gasteiger partial charge in [0.1, 0.15) is 0 Å². The lowest BCUT2D eigenvalue weighted by Crippen LogP contribution is -2.48. The van der Waals surface area contributed by atoms with E-state index in [1.165, 1.54) is 11.3 Å². The highest BCUT2D eigenvalue weighted by molar-refractivity contribution is 6.30. The van der Waals surface area contributed by atoms with Crippen molar-refractivity contribution in [3.8, 4) is 5.75 Å². The third-order valence-corrected chi connectivity index (χ3v) is 8.56. The minimum absolute atomic E-state index is 0.120. The summed E-state index contributed by atoms with van der Waals surface area (Å²) in [6.45, 7) is 9.66. The number of hydrogen-bond acceptors (Lipinski definition) is 5. The lowest BCUT2D eigenvalue weighted by molar-refractivity contribution is -0.117. The van der Waals surface area contributed by atoms with Gasteiger partial charge in [-0.1, -0.05) is 71.8 Å². The van der Waals surface area contributed by atoms with Crippen molar-refractivity contribution in [2.45, 2.75) is 20.4 Å². The minimum Gasteiger partial charge on any atom is -0.449 e. The van der Waals surface area contributed by atoms with Crippen molar-refractivity contribution in [2.75, 3.05) is 49.1 Å². The molecule has 0 aromatic heterocycles. The molecule has 1 saturated heterocycles. The summed E-state index contributed by atoms with van der Waals surface area (Å²) in [5.74, 6) is 0.545. The zero-order valence-corrected chi connectivity index (χ0v) is 26.4. The van der Waals surface area contributed by atoms with E-state index < -0.39 is 0 Å².